The summed E-state index contributed by atoms with van der Waals surface area (Å²) in [5, 5.41) is 10.1. The van der Waals surface area contributed by atoms with Crippen LogP contribution in [0.3, 0.4) is 0 Å². The van der Waals surface area contributed by atoms with Crippen molar-refractivity contribution in [1.82, 2.24) is 9.55 Å². The highest BCUT2D eigenvalue weighted by Gasteiger charge is 2.40. The van der Waals surface area contributed by atoms with Gasteiger partial charge in [-0.05, 0) is 25.8 Å². The predicted octanol–water partition coefficient (Wildman–Crippen LogP) is 3.38. The van der Waals surface area contributed by atoms with Gasteiger partial charge in [0.15, 0.2) is 0 Å². The maximum Gasteiger partial charge on any atom is 0.264 e. The van der Waals surface area contributed by atoms with E-state index in [9.17, 15) is 18.7 Å². The number of hydrogen-bond donors (Lipinski definition) is 2. The second kappa shape index (κ2) is 7.13. The van der Waals surface area contributed by atoms with Gasteiger partial charge in [0.05, 0.1) is 18.4 Å². The summed E-state index contributed by atoms with van der Waals surface area (Å²) in [6.07, 6.45) is -0.600. The Morgan fingerprint density at radius 2 is 2.24 bits per heavy atom. The largest absolute Gasteiger partial charge is 0.491 e. The molecule has 2 aromatic rings. The molecule has 0 aliphatic heterocycles. The van der Waals surface area contributed by atoms with Gasteiger partial charge in [0.1, 0.15) is 11.4 Å². The zero-order valence-electron chi connectivity index (χ0n) is 13.5. The number of hydrogen-bond acceptors (Lipinski definition) is 6. The normalized spacial score (nSPS) is 23.0. The van der Waals surface area contributed by atoms with E-state index < -0.39 is 17.6 Å². The van der Waals surface area contributed by atoms with Gasteiger partial charge >= 0.3 is 0 Å². The molecule has 0 bridgehead atoms. The summed E-state index contributed by atoms with van der Waals surface area (Å²) in [4.78, 5) is 16.6. The van der Waals surface area contributed by atoms with Gasteiger partial charge < -0.3 is 9.84 Å². The smallest absolute Gasteiger partial charge is 0.264 e. The van der Waals surface area contributed by atoms with Crippen molar-refractivity contribution in [3.8, 4) is 5.75 Å². The van der Waals surface area contributed by atoms with Crippen molar-refractivity contribution < 1.29 is 18.6 Å². The minimum atomic E-state index is -2.79. The van der Waals surface area contributed by atoms with E-state index in [1.165, 1.54) is 27.6 Å². The maximum atomic E-state index is 13.4. The Labute approximate surface area is 152 Å². The van der Waals surface area contributed by atoms with Crippen LogP contribution >= 0.6 is 22.5 Å². The van der Waals surface area contributed by atoms with Crippen LogP contribution in [0.1, 0.15) is 37.8 Å². The number of fused-ring (bicyclic) bond motifs is 1. The standard InChI is InChI=1S/C16H18F2N2O3S2/c1-16(22)6-9(7-16)20-13(21)5-11(14(17)18)12-4-10(8-19-15(12)20)23-2-3-25-24/h4-5,8-9,14,22,24H,2-3,6-7H2,1H3/t9-,16-. The molecule has 136 valence electrons. The zero-order valence-corrected chi connectivity index (χ0v) is 15.2. The predicted molar refractivity (Wildman–Crippen MR) is 96.8 cm³/mol. The fourth-order valence-electron chi connectivity index (χ4n) is 3.17. The van der Waals surface area contributed by atoms with Crippen molar-refractivity contribution in [2.45, 2.75) is 37.8 Å². The number of pyridine rings is 2. The molecule has 3 rings (SSSR count). The van der Waals surface area contributed by atoms with E-state index in [-0.39, 0.29) is 22.6 Å². The van der Waals surface area contributed by atoms with Gasteiger partial charge in [-0.25, -0.2) is 13.8 Å². The summed E-state index contributed by atoms with van der Waals surface area (Å²) in [5.74, 6) is 1.00. The second-order valence-corrected chi connectivity index (χ2v) is 7.83. The summed E-state index contributed by atoms with van der Waals surface area (Å²) in [7, 11) is 1.31. The molecule has 1 N–H and O–H groups in total. The molecular weight excluding hydrogens is 370 g/mol. The molecule has 25 heavy (non-hydrogen) atoms. The van der Waals surface area contributed by atoms with E-state index in [1.54, 1.807) is 6.92 Å². The van der Waals surface area contributed by atoms with Crippen molar-refractivity contribution in [1.29, 1.82) is 0 Å². The average Bonchev–Trinajstić information content (AvgIpc) is 2.52. The van der Waals surface area contributed by atoms with Crippen LogP contribution in [-0.2, 0) is 0 Å². The number of aromatic nitrogens is 2. The lowest BCUT2D eigenvalue weighted by Gasteiger charge is -2.42. The third-order valence-electron chi connectivity index (χ3n) is 4.29. The van der Waals surface area contributed by atoms with Crippen LogP contribution in [0.25, 0.3) is 11.0 Å². The molecule has 0 spiro atoms. The SMILES string of the molecule is C[C@]1(O)C[C@H](n2c(=O)cc(C(F)F)c3cc(OCCSS)cnc32)C1. The molecule has 2 heterocycles. The van der Waals surface area contributed by atoms with Gasteiger partial charge in [0, 0.05) is 28.8 Å². The number of rotatable bonds is 6. The van der Waals surface area contributed by atoms with E-state index in [0.717, 1.165) is 6.07 Å². The fraction of sp³-hybridized carbons (Fsp3) is 0.500. The van der Waals surface area contributed by atoms with Gasteiger partial charge in [-0.2, -0.15) is 0 Å². The van der Waals surface area contributed by atoms with E-state index in [2.05, 4.69) is 16.6 Å². The van der Waals surface area contributed by atoms with Crippen LogP contribution in [0.4, 0.5) is 8.78 Å². The van der Waals surface area contributed by atoms with Gasteiger partial charge in [-0.3, -0.25) is 9.36 Å². The van der Waals surface area contributed by atoms with Gasteiger partial charge in [-0.1, -0.05) is 10.8 Å². The number of ether oxygens (including phenoxy) is 1. The Balaban J connectivity index is 2.07. The minimum Gasteiger partial charge on any atom is -0.491 e. The first-order valence-corrected chi connectivity index (χ1v) is 9.81. The number of aliphatic hydroxyl groups is 1. The van der Waals surface area contributed by atoms with E-state index in [0.29, 0.717) is 31.0 Å². The van der Waals surface area contributed by atoms with Crippen molar-refractivity contribution >= 4 is 33.5 Å². The van der Waals surface area contributed by atoms with Crippen LogP contribution in [0.2, 0.25) is 0 Å². The van der Waals surface area contributed by atoms with Crippen LogP contribution in [0.5, 0.6) is 5.75 Å². The summed E-state index contributed by atoms with van der Waals surface area (Å²) in [5.41, 5.74) is -1.54. The summed E-state index contributed by atoms with van der Waals surface area (Å²) in [6, 6.07) is 2.19. The Morgan fingerprint density at radius 1 is 1.52 bits per heavy atom. The van der Waals surface area contributed by atoms with Gasteiger partial charge in [-0.15, -0.1) is 11.7 Å². The highest BCUT2D eigenvalue weighted by atomic mass is 33.1. The Hall–Kier alpha value is -1.32. The fourth-order valence-corrected chi connectivity index (χ4v) is 3.56. The highest BCUT2D eigenvalue weighted by molar-refractivity contribution is 8.68. The van der Waals surface area contributed by atoms with Crippen LogP contribution in [-0.4, -0.2) is 32.6 Å². The summed E-state index contributed by atoms with van der Waals surface area (Å²) < 4.78 is 33.7. The Kier molecular flexibility index (Phi) is 5.26. The molecule has 1 fully saturated rings. The minimum absolute atomic E-state index is 0.192. The molecule has 0 aromatic carbocycles. The van der Waals surface area contributed by atoms with Gasteiger partial charge in [0.2, 0.25) is 0 Å². The molecule has 5 nitrogen and oxygen atoms in total. The molecule has 1 aliphatic rings. The topological polar surface area (TPSA) is 64.4 Å². The van der Waals surface area contributed by atoms with Crippen molar-refractivity contribution in [3.63, 3.8) is 0 Å². The molecule has 1 aliphatic carbocycles. The first-order chi connectivity index (χ1) is 11.8. The second-order valence-electron chi connectivity index (χ2n) is 6.39. The van der Waals surface area contributed by atoms with Crippen molar-refractivity contribution in [2.24, 2.45) is 0 Å². The summed E-state index contributed by atoms with van der Waals surface area (Å²) >= 11 is 4.01. The Bertz CT molecular complexity index is 834. The third-order valence-corrected chi connectivity index (χ3v) is 5.19. The first-order valence-electron chi connectivity index (χ1n) is 7.77. The lowest BCUT2D eigenvalue weighted by atomic mass is 9.77. The van der Waals surface area contributed by atoms with Gasteiger partial charge in [0.25, 0.3) is 12.0 Å². The molecule has 0 unspecified atom stereocenters. The zero-order chi connectivity index (χ0) is 18.2. The molecular formula is C16H18F2N2O3S2. The lowest BCUT2D eigenvalue weighted by molar-refractivity contribution is -0.0507. The molecule has 0 saturated heterocycles. The lowest BCUT2D eigenvalue weighted by Crippen LogP contribution is -2.45. The number of alkyl halides is 2. The first kappa shape index (κ1) is 18.5. The highest BCUT2D eigenvalue weighted by Crippen LogP contribution is 2.42. The summed E-state index contributed by atoms with van der Waals surface area (Å²) in [6.45, 7) is 2.06. The monoisotopic (exact) mass is 388 g/mol. The molecule has 1 saturated carbocycles. The van der Waals surface area contributed by atoms with Crippen molar-refractivity contribution in [2.75, 3.05) is 12.4 Å². The molecule has 9 heteroatoms. The maximum absolute atomic E-state index is 13.4. The van der Waals surface area contributed by atoms with E-state index >= 15 is 0 Å². The van der Waals surface area contributed by atoms with E-state index in [4.69, 9.17) is 4.74 Å². The molecule has 0 amide bonds. The molecule has 2 aromatic heterocycles. The van der Waals surface area contributed by atoms with Crippen LogP contribution in [0, 0.1) is 0 Å². The Morgan fingerprint density at radius 3 is 2.84 bits per heavy atom. The number of halogens is 2. The van der Waals surface area contributed by atoms with Crippen LogP contribution < -0.4 is 10.3 Å². The van der Waals surface area contributed by atoms with E-state index in [1.807, 2.05) is 0 Å². The van der Waals surface area contributed by atoms with Crippen LogP contribution in [0.15, 0.2) is 23.1 Å². The molecule has 0 atom stereocenters. The molecule has 0 radical (unpaired) electrons. The van der Waals surface area contributed by atoms with Crippen molar-refractivity contribution in [3.05, 3.63) is 34.2 Å². The quantitative estimate of drug-likeness (QED) is 0.451. The average molecular weight is 388 g/mol. The number of thiol groups is 1. The number of nitrogens with zero attached hydrogens (tertiary/aromatic N) is 2. The third kappa shape index (κ3) is 3.78.